The number of hydrogen-bond acceptors (Lipinski definition) is 3. The van der Waals surface area contributed by atoms with Crippen molar-refractivity contribution in [3.05, 3.63) is 68.8 Å². The van der Waals surface area contributed by atoms with E-state index in [0.29, 0.717) is 16.8 Å². The van der Waals surface area contributed by atoms with Gasteiger partial charge in [0.15, 0.2) is 0 Å². The van der Waals surface area contributed by atoms with Crippen molar-refractivity contribution in [3.63, 3.8) is 0 Å². The SMILES string of the molecule is Cc1ccc(C)c(C(=O)Nc2cccc([N+](=O)[O-])c2C)c1. The number of anilines is 1. The second kappa shape index (κ2) is 5.75. The molecule has 21 heavy (non-hydrogen) atoms. The Morgan fingerprint density at radius 2 is 1.86 bits per heavy atom. The highest BCUT2D eigenvalue weighted by molar-refractivity contribution is 6.06. The van der Waals surface area contributed by atoms with Crippen LogP contribution in [0, 0.1) is 30.9 Å². The van der Waals surface area contributed by atoms with Gasteiger partial charge in [0.05, 0.1) is 16.2 Å². The summed E-state index contributed by atoms with van der Waals surface area (Å²) in [5, 5.41) is 13.7. The Balaban J connectivity index is 2.34. The van der Waals surface area contributed by atoms with E-state index >= 15 is 0 Å². The third-order valence-corrected chi connectivity index (χ3v) is 3.39. The summed E-state index contributed by atoms with van der Waals surface area (Å²) in [6, 6.07) is 10.3. The highest BCUT2D eigenvalue weighted by atomic mass is 16.6. The minimum Gasteiger partial charge on any atom is -0.321 e. The molecule has 0 unspecified atom stereocenters. The van der Waals surface area contributed by atoms with Gasteiger partial charge in [0.2, 0.25) is 0 Å². The van der Waals surface area contributed by atoms with Gasteiger partial charge in [0, 0.05) is 11.6 Å². The van der Waals surface area contributed by atoms with Gasteiger partial charge >= 0.3 is 0 Å². The van der Waals surface area contributed by atoms with Crippen molar-refractivity contribution in [1.82, 2.24) is 0 Å². The Kier molecular flexibility index (Phi) is 4.03. The number of hydrogen-bond donors (Lipinski definition) is 1. The van der Waals surface area contributed by atoms with Crippen molar-refractivity contribution < 1.29 is 9.72 Å². The Labute approximate surface area is 122 Å². The first kappa shape index (κ1) is 14.7. The summed E-state index contributed by atoms with van der Waals surface area (Å²) in [5.41, 5.74) is 3.31. The average molecular weight is 284 g/mol. The molecule has 0 aliphatic heterocycles. The molecule has 0 spiro atoms. The molecule has 1 amide bonds. The van der Waals surface area contributed by atoms with Crippen LogP contribution in [0.1, 0.15) is 27.0 Å². The lowest BCUT2D eigenvalue weighted by atomic mass is 10.0. The molecule has 0 aliphatic carbocycles. The quantitative estimate of drug-likeness (QED) is 0.688. The van der Waals surface area contributed by atoms with E-state index in [9.17, 15) is 14.9 Å². The maximum absolute atomic E-state index is 12.3. The summed E-state index contributed by atoms with van der Waals surface area (Å²) in [6.07, 6.45) is 0. The molecule has 5 nitrogen and oxygen atoms in total. The average Bonchev–Trinajstić information content (AvgIpc) is 2.43. The fourth-order valence-corrected chi connectivity index (χ4v) is 2.13. The fraction of sp³-hybridized carbons (Fsp3) is 0.188. The zero-order chi connectivity index (χ0) is 15.6. The number of benzene rings is 2. The summed E-state index contributed by atoms with van der Waals surface area (Å²) < 4.78 is 0. The lowest BCUT2D eigenvalue weighted by Gasteiger charge is -2.10. The number of rotatable bonds is 3. The molecule has 0 atom stereocenters. The lowest BCUT2D eigenvalue weighted by Crippen LogP contribution is -2.14. The number of amides is 1. The van der Waals surface area contributed by atoms with E-state index in [0.717, 1.165) is 11.1 Å². The topological polar surface area (TPSA) is 72.2 Å². The van der Waals surface area contributed by atoms with E-state index < -0.39 is 4.92 Å². The molecule has 0 heterocycles. The Bertz CT molecular complexity index is 723. The van der Waals surface area contributed by atoms with Crippen molar-refractivity contribution >= 4 is 17.3 Å². The van der Waals surface area contributed by atoms with Crippen LogP contribution in [0.3, 0.4) is 0 Å². The first-order valence-electron chi connectivity index (χ1n) is 6.52. The van der Waals surface area contributed by atoms with E-state index in [4.69, 9.17) is 0 Å². The van der Waals surface area contributed by atoms with E-state index in [-0.39, 0.29) is 11.6 Å². The Morgan fingerprint density at radius 3 is 2.52 bits per heavy atom. The Hall–Kier alpha value is -2.69. The lowest BCUT2D eigenvalue weighted by molar-refractivity contribution is -0.385. The fourth-order valence-electron chi connectivity index (χ4n) is 2.13. The third-order valence-electron chi connectivity index (χ3n) is 3.39. The van der Waals surface area contributed by atoms with Crippen molar-refractivity contribution in [2.75, 3.05) is 5.32 Å². The molecule has 0 aromatic heterocycles. The summed E-state index contributed by atoms with van der Waals surface area (Å²) in [6.45, 7) is 5.39. The van der Waals surface area contributed by atoms with Gasteiger partial charge in [-0.2, -0.15) is 0 Å². The number of nitro groups is 1. The highest BCUT2D eigenvalue weighted by Crippen LogP contribution is 2.25. The van der Waals surface area contributed by atoms with Gasteiger partial charge in [-0.05, 0) is 38.5 Å². The molecule has 0 saturated heterocycles. The molecule has 2 aromatic carbocycles. The van der Waals surface area contributed by atoms with Gasteiger partial charge in [-0.15, -0.1) is 0 Å². The third kappa shape index (κ3) is 3.08. The second-order valence-electron chi connectivity index (χ2n) is 4.98. The highest BCUT2D eigenvalue weighted by Gasteiger charge is 2.16. The number of carbonyl (C=O) groups excluding carboxylic acids is 1. The number of nitro benzene ring substituents is 1. The smallest absolute Gasteiger partial charge is 0.274 e. The van der Waals surface area contributed by atoms with Crippen molar-refractivity contribution in [3.8, 4) is 0 Å². The van der Waals surface area contributed by atoms with Crippen LogP contribution in [0.5, 0.6) is 0 Å². The summed E-state index contributed by atoms with van der Waals surface area (Å²) in [7, 11) is 0. The minimum absolute atomic E-state index is 0.00577. The van der Waals surface area contributed by atoms with E-state index in [1.165, 1.54) is 6.07 Å². The molecule has 1 N–H and O–H groups in total. The van der Waals surface area contributed by atoms with Crippen LogP contribution in [0.25, 0.3) is 0 Å². The molecule has 0 aliphatic rings. The summed E-state index contributed by atoms with van der Waals surface area (Å²) in [4.78, 5) is 22.8. The molecule has 108 valence electrons. The van der Waals surface area contributed by atoms with Crippen LogP contribution in [0.4, 0.5) is 11.4 Å². The van der Waals surface area contributed by atoms with Crippen LogP contribution >= 0.6 is 0 Å². The van der Waals surface area contributed by atoms with Gasteiger partial charge in [-0.1, -0.05) is 23.8 Å². The van der Waals surface area contributed by atoms with E-state index in [1.807, 2.05) is 26.0 Å². The number of aryl methyl sites for hydroxylation is 2. The molecular formula is C16H16N2O3. The first-order chi connectivity index (χ1) is 9.90. The minimum atomic E-state index is -0.455. The van der Waals surface area contributed by atoms with Crippen LogP contribution in [-0.2, 0) is 0 Å². The Morgan fingerprint density at radius 1 is 1.14 bits per heavy atom. The van der Waals surface area contributed by atoms with E-state index in [1.54, 1.807) is 25.1 Å². The monoisotopic (exact) mass is 284 g/mol. The number of nitrogens with zero attached hydrogens (tertiary/aromatic N) is 1. The van der Waals surface area contributed by atoms with Crippen LogP contribution < -0.4 is 5.32 Å². The maximum atomic E-state index is 12.3. The molecule has 2 aromatic rings. The predicted octanol–water partition coefficient (Wildman–Crippen LogP) is 3.77. The van der Waals surface area contributed by atoms with E-state index in [2.05, 4.69) is 5.32 Å². The maximum Gasteiger partial charge on any atom is 0.274 e. The standard InChI is InChI=1S/C16H16N2O3/c1-10-7-8-11(2)13(9-10)16(19)17-14-5-4-6-15(12(14)3)18(20)21/h4-9H,1-3H3,(H,17,19). The summed E-state index contributed by atoms with van der Waals surface area (Å²) >= 11 is 0. The van der Waals surface area contributed by atoms with Crippen molar-refractivity contribution in [1.29, 1.82) is 0 Å². The molecule has 5 heteroatoms. The zero-order valence-corrected chi connectivity index (χ0v) is 12.1. The van der Waals surface area contributed by atoms with Gasteiger partial charge in [0.25, 0.3) is 11.6 Å². The van der Waals surface area contributed by atoms with Crippen LogP contribution in [-0.4, -0.2) is 10.8 Å². The van der Waals surface area contributed by atoms with Crippen molar-refractivity contribution in [2.24, 2.45) is 0 Å². The van der Waals surface area contributed by atoms with Gasteiger partial charge in [-0.3, -0.25) is 14.9 Å². The molecule has 2 rings (SSSR count). The number of nitrogens with one attached hydrogen (secondary N) is 1. The number of carbonyl (C=O) groups is 1. The van der Waals surface area contributed by atoms with Gasteiger partial charge in [-0.25, -0.2) is 0 Å². The molecule has 0 radical (unpaired) electrons. The normalized spacial score (nSPS) is 10.2. The van der Waals surface area contributed by atoms with Gasteiger partial charge in [0.1, 0.15) is 0 Å². The second-order valence-corrected chi connectivity index (χ2v) is 4.98. The first-order valence-corrected chi connectivity index (χ1v) is 6.52. The van der Waals surface area contributed by atoms with Gasteiger partial charge < -0.3 is 5.32 Å². The predicted molar refractivity (Wildman–Crippen MR) is 81.7 cm³/mol. The van der Waals surface area contributed by atoms with Crippen LogP contribution in [0.2, 0.25) is 0 Å². The molecule has 0 bridgehead atoms. The largest absolute Gasteiger partial charge is 0.321 e. The molecular weight excluding hydrogens is 268 g/mol. The van der Waals surface area contributed by atoms with Crippen LogP contribution in [0.15, 0.2) is 36.4 Å². The summed E-state index contributed by atoms with van der Waals surface area (Å²) in [5.74, 6) is -0.264. The molecule has 0 fully saturated rings. The van der Waals surface area contributed by atoms with Crippen molar-refractivity contribution in [2.45, 2.75) is 20.8 Å². The zero-order valence-electron chi connectivity index (χ0n) is 12.1. The molecule has 0 saturated carbocycles.